The van der Waals surface area contributed by atoms with Crippen LogP contribution in [0.15, 0.2) is 0 Å². The average Bonchev–Trinajstić information content (AvgIpc) is 2.13. The van der Waals surface area contributed by atoms with Gasteiger partial charge in [-0.15, -0.1) is 0 Å². The second kappa shape index (κ2) is 3.65. The van der Waals surface area contributed by atoms with Gasteiger partial charge in [-0.05, 0) is 13.8 Å². The van der Waals surface area contributed by atoms with Gasteiger partial charge in [0.15, 0.2) is 0 Å². The van der Waals surface area contributed by atoms with Gasteiger partial charge in [0.25, 0.3) is 0 Å². The summed E-state index contributed by atoms with van der Waals surface area (Å²) in [5, 5.41) is 40.1. The van der Waals surface area contributed by atoms with Crippen LogP contribution >= 0.6 is 0 Å². The van der Waals surface area contributed by atoms with Crippen LogP contribution in [0.3, 0.4) is 0 Å². The average molecular weight is 228 g/mol. The van der Waals surface area contributed by atoms with E-state index in [1.54, 1.807) is 0 Å². The summed E-state index contributed by atoms with van der Waals surface area (Å²) in [6.45, 7) is 2.25. The normalized spacial score (nSPS) is 10.1. The number of rotatable bonds is 2. The van der Waals surface area contributed by atoms with Gasteiger partial charge >= 0.3 is 11.4 Å². The maximum atomic E-state index is 10.6. The van der Waals surface area contributed by atoms with Gasteiger partial charge in [0, 0.05) is 5.56 Å². The second-order valence-electron chi connectivity index (χ2n) is 3.16. The van der Waals surface area contributed by atoms with Gasteiger partial charge in [-0.3, -0.25) is 20.2 Å². The Morgan fingerprint density at radius 2 is 1.19 bits per heavy atom. The first kappa shape index (κ1) is 11.7. The first-order valence-electron chi connectivity index (χ1n) is 4.12. The lowest BCUT2D eigenvalue weighted by atomic mass is 10.1. The van der Waals surface area contributed by atoms with Crippen molar-refractivity contribution in [2.24, 2.45) is 0 Å². The predicted molar refractivity (Wildman–Crippen MR) is 52.6 cm³/mol. The number of aromatic hydroxyl groups is 2. The highest BCUT2D eigenvalue weighted by Gasteiger charge is 2.32. The molecule has 2 N–H and O–H groups in total. The van der Waals surface area contributed by atoms with Crippen molar-refractivity contribution in [1.29, 1.82) is 0 Å². The summed E-state index contributed by atoms with van der Waals surface area (Å²) in [5.41, 5.74) is -2.19. The Bertz CT molecular complexity index is 455. The summed E-state index contributed by atoms with van der Waals surface area (Å²) in [4.78, 5) is 19.4. The van der Waals surface area contributed by atoms with Crippen LogP contribution in [0.5, 0.6) is 11.5 Å². The first-order chi connectivity index (χ1) is 7.29. The van der Waals surface area contributed by atoms with Crippen molar-refractivity contribution in [2.45, 2.75) is 13.8 Å². The van der Waals surface area contributed by atoms with Gasteiger partial charge in [0.2, 0.25) is 11.5 Å². The molecular formula is C8H8N2O6. The van der Waals surface area contributed by atoms with E-state index in [1.807, 2.05) is 0 Å². The molecule has 0 bridgehead atoms. The Balaban J connectivity index is 3.80. The molecule has 8 nitrogen and oxygen atoms in total. The van der Waals surface area contributed by atoms with Crippen LogP contribution in [-0.4, -0.2) is 20.1 Å². The SMILES string of the molecule is Cc1c(O)c([N+](=O)[O-])c(C)c([N+](=O)[O-])c1O. The molecule has 0 aliphatic rings. The fourth-order valence-corrected chi connectivity index (χ4v) is 1.38. The summed E-state index contributed by atoms with van der Waals surface area (Å²) in [6, 6.07) is 0. The molecule has 1 aromatic rings. The number of nitro benzene ring substituents is 2. The van der Waals surface area contributed by atoms with Gasteiger partial charge in [-0.1, -0.05) is 0 Å². The highest BCUT2D eigenvalue weighted by molar-refractivity contribution is 5.71. The molecule has 0 heterocycles. The lowest BCUT2D eigenvalue weighted by Gasteiger charge is -2.06. The fourth-order valence-electron chi connectivity index (χ4n) is 1.38. The van der Waals surface area contributed by atoms with Crippen LogP contribution in [-0.2, 0) is 0 Å². The molecule has 1 aromatic carbocycles. The quantitative estimate of drug-likeness (QED) is 0.583. The van der Waals surface area contributed by atoms with Crippen molar-refractivity contribution in [3.05, 3.63) is 31.4 Å². The van der Waals surface area contributed by atoms with E-state index in [0.29, 0.717) is 0 Å². The summed E-state index contributed by atoms with van der Waals surface area (Å²) in [6.07, 6.45) is 0. The number of benzene rings is 1. The zero-order valence-electron chi connectivity index (χ0n) is 8.42. The second-order valence-corrected chi connectivity index (χ2v) is 3.16. The molecule has 0 saturated carbocycles. The van der Waals surface area contributed by atoms with Crippen LogP contribution in [0.2, 0.25) is 0 Å². The van der Waals surface area contributed by atoms with Crippen molar-refractivity contribution in [2.75, 3.05) is 0 Å². The van der Waals surface area contributed by atoms with E-state index in [4.69, 9.17) is 0 Å². The van der Waals surface area contributed by atoms with Crippen molar-refractivity contribution in [3.63, 3.8) is 0 Å². The molecule has 0 spiro atoms. The fraction of sp³-hybridized carbons (Fsp3) is 0.250. The summed E-state index contributed by atoms with van der Waals surface area (Å²) < 4.78 is 0. The van der Waals surface area contributed by atoms with Crippen molar-refractivity contribution in [1.82, 2.24) is 0 Å². The van der Waals surface area contributed by atoms with E-state index in [2.05, 4.69) is 0 Å². The minimum absolute atomic E-state index is 0.288. The number of nitrogens with zero attached hydrogens (tertiary/aromatic N) is 2. The zero-order chi connectivity index (χ0) is 12.6. The molecule has 0 amide bonds. The number of hydrogen-bond acceptors (Lipinski definition) is 6. The van der Waals surface area contributed by atoms with Crippen molar-refractivity contribution in [3.8, 4) is 11.5 Å². The first-order valence-corrected chi connectivity index (χ1v) is 4.12. The molecule has 0 saturated heterocycles. The smallest absolute Gasteiger partial charge is 0.321 e. The largest absolute Gasteiger partial charge is 0.502 e. The minimum Gasteiger partial charge on any atom is -0.502 e. The Hall–Kier alpha value is -2.38. The molecule has 1 rings (SSSR count). The highest BCUT2D eigenvalue weighted by Crippen LogP contribution is 2.45. The van der Waals surface area contributed by atoms with E-state index in [-0.39, 0.29) is 11.1 Å². The third kappa shape index (κ3) is 1.49. The van der Waals surface area contributed by atoms with Crippen LogP contribution in [0.25, 0.3) is 0 Å². The van der Waals surface area contributed by atoms with Gasteiger partial charge < -0.3 is 10.2 Å². The maximum absolute atomic E-state index is 10.6. The number of phenols is 2. The van der Waals surface area contributed by atoms with Crippen LogP contribution < -0.4 is 0 Å². The minimum atomic E-state index is -0.926. The van der Waals surface area contributed by atoms with Crippen LogP contribution in [0.4, 0.5) is 11.4 Å². The summed E-state index contributed by atoms with van der Waals surface area (Å²) in [5.74, 6) is -1.52. The highest BCUT2D eigenvalue weighted by atomic mass is 16.6. The molecule has 8 heteroatoms. The summed E-state index contributed by atoms with van der Waals surface area (Å²) in [7, 11) is 0. The Morgan fingerprint density at radius 1 is 0.875 bits per heavy atom. The molecule has 0 aliphatic carbocycles. The summed E-state index contributed by atoms with van der Waals surface area (Å²) >= 11 is 0. The Morgan fingerprint density at radius 3 is 1.44 bits per heavy atom. The molecule has 0 aromatic heterocycles. The van der Waals surface area contributed by atoms with Crippen molar-refractivity contribution >= 4 is 11.4 Å². The molecule has 0 radical (unpaired) electrons. The van der Waals surface area contributed by atoms with E-state index in [9.17, 15) is 30.4 Å². The Kier molecular flexibility index (Phi) is 2.66. The number of hydrogen-bond donors (Lipinski definition) is 2. The Labute approximate surface area is 89.1 Å². The molecular weight excluding hydrogens is 220 g/mol. The topological polar surface area (TPSA) is 127 Å². The lowest BCUT2D eigenvalue weighted by molar-refractivity contribution is -0.396. The monoisotopic (exact) mass is 228 g/mol. The van der Waals surface area contributed by atoms with Crippen molar-refractivity contribution < 1.29 is 20.1 Å². The predicted octanol–water partition coefficient (Wildman–Crippen LogP) is 1.53. The van der Waals surface area contributed by atoms with E-state index >= 15 is 0 Å². The molecule has 0 aliphatic heterocycles. The molecule has 0 fully saturated rings. The van der Waals surface area contributed by atoms with Gasteiger partial charge in [-0.25, -0.2) is 0 Å². The molecule has 0 unspecified atom stereocenters. The molecule has 86 valence electrons. The van der Waals surface area contributed by atoms with E-state index < -0.39 is 32.7 Å². The zero-order valence-corrected chi connectivity index (χ0v) is 8.42. The third-order valence-corrected chi connectivity index (χ3v) is 2.23. The molecule has 0 atom stereocenters. The molecule has 16 heavy (non-hydrogen) atoms. The van der Waals surface area contributed by atoms with Crippen LogP contribution in [0.1, 0.15) is 11.1 Å². The van der Waals surface area contributed by atoms with Gasteiger partial charge in [-0.2, -0.15) is 0 Å². The number of nitro groups is 2. The van der Waals surface area contributed by atoms with E-state index in [1.165, 1.54) is 0 Å². The van der Waals surface area contributed by atoms with Gasteiger partial charge in [0.05, 0.1) is 9.85 Å². The third-order valence-electron chi connectivity index (χ3n) is 2.23. The van der Waals surface area contributed by atoms with Crippen LogP contribution in [0, 0.1) is 34.1 Å². The standard InChI is InChI=1S/C8H8N2O6/c1-3-5(9(13)14)7(11)4(2)8(12)6(3)10(15)16/h11-12H,1-2H3. The van der Waals surface area contributed by atoms with Gasteiger partial charge in [0.1, 0.15) is 5.56 Å². The maximum Gasteiger partial charge on any atom is 0.321 e. The van der Waals surface area contributed by atoms with E-state index in [0.717, 1.165) is 13.8 Å². The number of phenolic OH excluding ortho intramolecular Hbond substituents is 2. The lowest BCUT2D eigenvalue weighted by Crippen LogP contribution is -2.00.